The largest absolute Gasteiger partial charge is 0.454 e. The molecule has 2 amide bonds. The number of nitrogens with one attached hydrogen (secondary N) is 1. The Morgan fingerprint density at radius 3 is 2.49 bits per heavy atom. The van der Waals surface area contributed by atoms with E-state index in [1.165, 1.54) is 24.3 Å². The molecule has 0 bridgehead atoms. The summed E-state index contributed by atoms with van der Waals surface area (Å²) in [5, 5.41) is 3.46. The second-order valence-electron chi connectivity index (χ2n) is 8.26. The van der Waals surface area contributed by atoms with E-state index in [-0.39, 0.29) is 34.4 Å². The van der Waals surface area contributed by atoms with Crippen molar-refractivity contribution in [2.75, 3.05) is 50.9 Å². The highest BCUT2D eigenvalue weighted by atomic mass is 35.5. The molecule has 2 aromatic rings. The summed E-state index contributed by atoms with van der Waals surface area (Å²) in [5.74, 6) is -1.74. The zero-order valence-corrected chi connectivity index (χ0v) is 19.8. The summed E-state index contributed by atoms with van der Waals surface area (Å²) in [4.78, 5) is 53.3. The summed E-state index contributed by atoms with van der Waals surface area (Å²) < 4.78 is 10.4. The number of carbonyl (C=O) groups excluding carboxylic acids is 4. The molecule has 2 saturated heterocycles. The smallest absolute Gasteiger partial charge is 0.338 e. The molecular formula is C25H26ClN3O6. The molecule has 4 rings (SSSR count). The van der Waals surface area contributed by atoms with Gasteiger partial charge < -0.3 is 14.8 Å². The molecule has 0 radical (unpaired) electrons. The van der Waals surface area contributed by atoms with Gasteiger partial charge in [0.25, 0.3) is 5.91 Å². The number of anilines is 1. The lowest BCUT2D eigenvalue weighted by atomic mass is 10.1. The van der Waals surface area contributed by atoms with Gasteiger partial charge in [0.1, 0.15) is 0 Å². The normalized spacial score (nSPS) is 18.7. The predicted octanol–water partition coefficient (Wildman–Crippen LogP) is 1.93. The minimum absolute atomic E-state index is 0.0793. The molecule has 0 spiro atoms. The second-order valence-corrected chi connectivity index (χ2v) is 8.67. The van der Waals surface area contributed by atoms with Gasteiger partial charge in [0.05, 0.1) is 41.9 Å². The SMILES string of the molecule is O=C(OCC(=O)c1ccccc1Cl)c1ccc(N2C(=O)CC(NCCN3CCOCC3)C2=O)cc1. The van der Waals surface area contributed by atoms with Crippen molar-refractivity contribution in [3.8, 4) is 0 Å². The third-order valence-electron chi connectivity index (χ3n) is 5.94. The van der Waals surface area contributed by atoms with E-state index in [1.54, 1.807) is 24.3 Å². The number of benzene rings is 2. The molecule has 35 heavy (non-hydrogen) atoms. The number of morpholine rings is 1. The molecule has 2 aliphatic heterocycles. The van der Waals surface area contributed by atoms with Gasteiger partial charge in [0.2, 0.25) is 11.7 Å². The van der Waals surface area contributed by atoms with E-state index in [4.69, 9.17) is 21.1 Å². The van der Waals surface area contributed by atoms with Gasteiger partial charge in [-0.25, -0.2) is 9.69 Å². The van der Waals surface area contributed by atoms with E-state index < -0.39 is 24.4 Å². The maximum absolute atomic E-state index is 12.8. The number of esters is 1. The van der Waals surface area contributed by atoms with Crippen LogP contribution in [0.1, 0.15) is 27.1 Å². The van der Waals surface area contributed by atoms with E-state index in [0.717, 1.165) is 24.5 Å². The van der Waals surface area contributed by atoms with E-state index in [2.05, 4.69) is 10.2 Å². The Hall–Kier alpha value is -3.11. The quantitative estimate of drug-likeness (QED) is 0.317. The van der Waals surface area contributed by atoms with Gasteiger partial charge in [-0.15, -0.1) is 0 Å². The molecule has 0 aliphatic carbocycles. The molecule has 9 nitrogen and oxygen atoms in total. The van der Waals surface area contributed by atoms with Gasteiger partial charge in [-0.1, -0.05) is 23.7 Å². The second kappa shape index (κ2) is 11.5. The van der Waals surface area contributed by atoms with Crippen LogP contribution in [0.3, 0.4) is 0 Å². The Balaban J connectivity index is 1.29. The van der Waals surface area contributed by atoms with Crippen molar-refractivity contribution >= 4 is 40.9 Å². The Kier molecular flexibility index (Phi) is 8.25. The maximum atomic E-state index is 12.8. The van der Waals surface area contributed by atoms with Crippen LogP contribution in [0.5, 0.6) is 0 Å². The molecule has 0 aromatic heterocycles. The molecule has 2 heterocycles. The van der Waals surface area contributed by atoms with Crippen molar-refractivity contribution in [1.29, 1.82) is 0 Å². The molecule has 0 saturated carbocycles. The van der Waals surface area contributed by atoms with Crippen molar-refractivity contribution in [2.24, 2.45) is 0 Å². The molecule has 1 N–H and O–H groups in total. The highest BCUT2D eigenvalue weighted by Crippen LogP contribution is 2.24. The summed E-state index contributed by atoms with van der Waals surface area (Å²) in [5.41, 5.74) is 0.845. The maximum Gasteiger partial charge on any atom is 0.338 e. The van der Waals surface area contributed by atoms with Crippen LogP contribution in [-0.2, 0) is 19.1 Å². The topological polar surface area (TPSA) is 105 Å². The molecule has 184 valence electrons. The number of imide groups is 1. The summed E-state index contributed by atoms with van der Waals surface area (Å²) >= 11 is 6.00. The van der Waals surface area contributed by atoms with Crippen molar-refractivity contribution in [3.63, 3.8) is 0 Å². The number of rotatable bonds is 9. The summed E-state index contributed by atoms with van der Waals surface area (Å²) in [6.45, 7) is 4.03. The number of hydrogen-bond acceptors (Lipinski definition) is 8. The Labute approximate surface area is 207 Å². The first-order valence-electron chi connectivity index (χ1n) is 11.4. The molecule has 1 unspecified atom stereocenters. The van der Waals surface area contributed by atoms with Crippen LogP contribution >= 0.6 is 11.6 Å². The Morgan fingerprint density at radius 1 is 1.06 bits per heavy atom. The van der Waals surface area contributed by atoms with Gasteiger partial charge in [0, 0.05) is 31.7 Å². The summed E-state index contributed by atoms with van der Waals surface area (Å²) in [6.07, 6.45) is 0.0793. The van der Waals surface area contributed by atoms with Crippen LogP contribution < -0.4 is 10.2 Å². The highest BCUT2D eigenvalue weighted by Gasteiger charge is 2.39. The number of Topliss-reactive ketones (excluding diaryl/α,β-unsaturated/α-hetero) is 1. The van der Waals surface area contributed by atoms with Crippen LogP contribution in [0.2, 0.25) is 5.02 Å². The molecule has 2 aliphatic rings. The molecule has 1 atom stereocenters. The Bertz CT molecular complexity index is 1100. The first-order chi connectivity index (χ1) is 16.9. The number of halogens is 1. The van der Waals surface area contributed by atoms with Crippen molar-refractivity contribution in [3.05, 3.63) is 64.7 Å². The van der Waals surface area contributed by atoms with Gasteiger partial charge in [-0.3, -0.25) is 19.3 Å². The third kappa shape index (κ3) is 6.12. The highest BCUT2D eigenvalue weighted by molar-refractivity contribution is 6.34. The minimum atomic E-state index is -0.696. The van der Waals surface area contributed by atoms with Gasteiger partial charge in [-0.2, -0.15) is 0 Å². The fraction of sp³-hybridized carbons (Fsp3) is 0.360. The summed E-state index contributed by atoms with van der Waals surface area (Å²) in [7, 11) is 0. The standard InChI is InChI=1S/C25H26ClN3O6/c26-20-4-2-1-3-19(20)22(30)16-35-25(33)17-5-7-18(8-6-17)29-23(31)15-21(24(29)32)27-9-10-28-11-13-34-14-12-28/h1-8,21,27H,9-16H2. The van der Waals surface area contributed by atoms with Gasteiger partial charge in [-0.05, 0) is 36.4 Å². The first-order valence-corrected chi connectivity index (χ1v) is 11.8. The van der Waals surface area contributed by atoms with E-state index in [9.17, 15) is 19.2 Å². The predicted molar refractivity (Wildman–Crippen MR) is 129 cm³/mol. The molecule has 2 aromatic carbocycles. The van der Waals surface area contributed by atoms with Crippen molar-refractivity contribution in [1.82, 2.24) is 10.2 Å². The minimum Gasteiger partial charge on any atom is -0.454 e. The number of carbonyl (C=O) groups is 4. The lowest BCUT2D eigenvalue weighted by molar-refractivity contribution is -0.121. The third-order valence-corrected chi connectivity index (χ3v) is 6.27. The fourth-order valence-corrected chi connectivity index (χ4v) is 4.25. The summed E-state index contributed by atoms with van der Waals surface area (Å²) in [6, 6.07) is 11.9. The number of nitrogens with zero attached hydrogens (tertiary/aromatic N) is 2. The van der Waals surface area contributed by atoms with E-state index >= 15 is 0 Å². The average Bonchev–Trinajstić information content (AvgIpc) is 3.16. The van der Waals surface area contributed by atoms with Crippen LogP contribution in [0.25, 0.3) is 0 Å². The number of ether oxygens (including phenoxy) is 2. The molecular weight excluding hydrogens is 474 g/mol. The van der Waals surface area contributed by atoms with Crippen molar-refractivity contribution in [2.45, 2.75) is 12.5 Å². The number of amides is 2. The van der Waals surface area contributed by atoms with Crippen molar-refractivity contribution < 1.29 is 28.7 Å². The van der Waals surface area contributed by atoms with Crippen LogP contribution in [-0.4, -0.2) is 80.5 Å². The Morgan fingerprint density at radius 2 is 1.77 bits per heavy atom. The van der Waals surface area contributed by atoms with Crippen LogP contribution in [0.4, 0.5) is 5.69 Å². The van der Waals surface area contributed by atoms with E-state index in [0.29, 0.717) is 25.4 Å². The zero-order chi connectivity index (χ0) is 24.8. The van der Waals surface area contributed by atoms with Crippen LogP contribution in [0.15, 0.2) is 48.5 Å². The number of ketones is 1. The van der Waals surface area contributed by atoms with Gasteiger partial charge >= 0.3 is 5.97 Å². The molecule has 10 heteroatoms. The molecule has 2 fully saturated rings. The number of hydrogen-bond donors (Lipinski definition) is 1. The lowest BCUT2D eigenvalue weighted by Gasteiger charge is -2.27. The van der Waals surface area contributed by atoms with Crippen LogP contribution in [0, 0.1) is 0 Å². The fourth-order valence-electron chi connectivity index (χ4n) is 4.01. The monoisotopic (exact) mass is 499 g/mol. The average molecular weight is 500 g/mol. The zero-order valence-electron chi connectivity index (χ0n) is 19.1. The first kappa shape index (κ1) is 25.0. The van der Waals surface area contributed by atoms with Gasteiger partial charge in [0.15, 0.2) is 6.61 Å². The van der Waals surface area contributed by atoms with E-state index in [1.807, 2.05) is 0 Å². The lowest BCUT2D eigenvalue weighted by Crippen LogP contribution is -2.44.